The van der Waals surface area contributed by atoms with E-state index in [-0.39, 0.29) is 23.3 Å². The Hall–Kier alpha value is -2.59. The molecular weight excluding hydrogens is 442 g/mol. The van der Waals surface area contributed by atoms with E-state index in [1.54, 1.807) is 0 Å². The molecule has 3 rings (SSSR count). The van der Waals surface area contributed by atoms with Crippen molar-refractivity contribution in [2.75, 3.05) is 33.3 Å². The minimum atomic E-state index is -3.84. The van der Waals surface area contributed by atoms with Crippen LogP contribution in [-0.2, 0) is 32.6 Å². The van der Waals surface area contributed by atoms with Gasteiger partial charge >= 0.3 is 0 Å². The summed E-state index contributed by atoms with van der Waals surface area (Å²) in [4.78, 5) is 26.2. The number of benzene rings is 2. The number of nitrogens with zero attached hydrogens (tertiary/aromatic N) is 2. The summed E-state index contributed by atoms with van der Waals surface area (Å²) in [5, 5.41) is 2.79. The van der Waals surface area contributed by atoms with Crippen LogP contribution in [0.4, 0.5) is 0 Å². The minimum absolute atomic E-state index is 0.0351. The Labute approximate surface area is 195 Å². The first kappa shape index (κ1) is 25.0. The topological polar surface area (TPSA) is 96.0 Å². The van der Waals surface area contributed by atoms with Gasteiger partial charge in [-0.1, -0.05) is 36.4 Å². The second-order valence-electron chi connectivity index (χ2n) is 8.35. The summed E-state index contributed by atoms with van der Waals surface area (Å²) in [6, 6.07) is 13.7. The summed E-state index contributed by atoms with van der Waals surface area (Å²) in [5.41, 5.74) is 2.54. The fourth-order valence-corrected chi connectivity index (χ4v) is 4.84. The summed E-state index contributed by atoms with van der Waals surface area (Å²) in [6.45, 7) is 6.82. The molecule has 1 N–H and O–H groups in total. The molecular formula is C24H31N3O5S. The maximum Gasteiger partial charge on any atom is 0.243 e. The lowest BCUT2D eigenvalue weighted by atomic mass is 10.1. The van der Waals surface area contributed by atoms with Crippen molar-refractivity contribution >= 4 is 21.7 Å². The van der Waals surface area contributed by atoms with Crippen molar-refractivity contribution in [3.05, 3.63) is 65.2 Å². The second kappa shape index (κ2) is 11.0. The fraction of sp³-hybridized carbons (Fsp3) is 0.417. The highest BCUT2D eigenvalue weighted by molar-refractivity contribution is 7.89. The zero-order valence-corrected chi connectivity index (χ0v) is 20.1. The van der Waals surface area contributed by atoms with E-state index in [4.69, 9.17) is 4.74 Å². The van der Waals surface area contributed by atoms with E-state index >= 15 is 0 Å². The number of hydrogen-bond donors (Lipinski definition) is 1. The summed E-state index contributed by atoms with van der Waals surface area (Å²) < 4.78 is 32.0. The highest BCUT2D eigenvalue weighted by Gasteiger charge is 2.23. The van der Waals surface area contributed by atoms with Gasteiger partial charge in [0, 0.05) is 38.8 Å². The number of hydrogen-bond acceptors (Lipinski definition) is 6. The molecule has 1 atom stereocenters. The van der Waals surface area contributed by atoms with Crippen LogP contribution >= 0.6 is 0 Å². The van der Waals surface area contributed by atoms with E-state index in [1.165, 1.54) is 38.2 Å². The Morgan fingerprint density at radius 2 is 1.85 bits per heavy atom. The molecule has 33 heavy (non-hydrogen) atoms. The van der Waals surface area contributed by atoms with E-state index in [2.05, 4.69) is 29.3 Å². The van der Waals surface area contributed by atoms with E-state index in [0.29, 0.717) is 12.1 Å². The van der Waals surface area contributed by atoms with Crippen LogP contribution in [-0.4, -0.2) is 68.7 Å². The molecule has 178 valence electrons. The Morgan fingerprint density at radius 3 is 2.52 bits per heavy atom. The van der Waals surface area contributed by atoms with Crippen molar-refractivity contribution in [2.45, 2.75) is 37.9 Å². The number of rotatable bonds is 9. The smallest absolute Gasteiger partial charge is 0.243 e. The van der Waals surface area contributed by atoms with E-state index in [1.807, 2.05) is 12.1 Å². The summed E-state index contributed by atoms with van der Waals surface area (Å²) >= 11 is 0. The van der Waals surface area contributed by atoms with Crippen LogP contribution in [0, 0.1) is 0 Å². The molecule has 0 bridgehead atoms. The number of sulfonamides is 1. The number of ether oxygens (including phenoxy) is 1. The zero-order valence-electron chi connectivity index (χ0n) is 19.3. The molecule has 1 fully saturated rings. The molecule has 0 spiro atoms. The maximum absolute atomic E-state index is 12.7. The predicted molar refractivity (Wildman–Crippen MR) is 125 cm³/mol. The first-order valence-corrected chi connectivity index (χ1v) is 12.3. The number of Topliss-reactive ketones (excluding diaryl/α,β-unsaturated/α-hetero) is 1. The molecule has 8 nitrogen and oxygen atoms in total. The van der Waals surface area contributed by atoms with E-state index in [9.17, 15) is 18.0 Å². The quantitative estimate of drug-likeness (QED) is 0.560. The van der Waals surface area contributed by atoms with Gasteiger partial charge in [-0.15, -0.1) is 0 Å². The molecule has 1 aliphatic rings. The number of morpholine rings is 1. The van der Waals surface area contributed by atoms with Crippen molar-refractivity contribution in [1.29, 1.82) is 0 Å². The number of likely N-dealkylation sites (N-methyl/N-ethyl adjacent to an activating group) is 1. The number of carbonyl (C=O) groups is 2. The van der Waals surface area contributed by atoms with Gasteiger partial charge in [-0.2, -0.15) is 4.31 Å². The van der Waals surface area contributed by atoms with E-state index in [0.717, 1.165) is 41.7 Å². The fourth-order valence-electron chi connectivity index (χ4n) is 3.72. The first-order valence-electron chi connectivity index (χ1n) is 10.9. The summed E-state index contributed by atoms with van der Waals surface area (Å²) in [5.74, 6) is -0.538. The molecule has 1 heterocycles. The maximum atomic E-state index is 12.7. The Balaban J connectivity index is 1.53. The molecule has 2 aromatic rings. The van der Waals surface area contributed by atoms with Crippen LogP contribution in [0.1, 0.15) is 35.3 Å². The molecule has 1 aliphatic heterocycles. The zero-order chi connectivity index (χ0) is 24.0. The molecule has 1 saturated heterocycles. The first-order chi connectivity index (χ1) is 15.6. The Morgan fingerprint density at radius 1 is 1.15 bits per heavy atom. The molecule has 9 heteroatoms. The van der Waals surface area contributed by atoms with Gasteiger partial charge in [-0.05, 0) is 37.1 Å². The summed E-state index contributed by atoms with van der Waals surface area (Å²) in [6.07, 6.45) is 0.224. The lowest BCUT2D eigenvalue weighted by Crippen LogP contribution is -2.40. The lowest BCUT2D eigenvalue weighted by Gasteiger charge is -2.31. The van der Waals surface area contributed by atoms with Crippen molar-refractivity contribution in [3.63, 3.8) is 0 Å². The molecule has 0 aliphatic carbocycles. The normalized spacial score (nSPS) is 17.2. The van der Waals surface area contributed by atoms with Crippen LogP contribution < -0.4 is 5.32 Å². The molecule has 0 saturated carbocycles. The number of carbonyl (C=O) groups excluding carboxylic acids is 2. The van der Waals surface area contributed by atoms with Crippen molar-refractivity contribution < 1.29 is 22.7 Å². The van der Waals surface area contributed by atoms with Gasteiger partial charge in [0.25, 0.3) is 0 Å². The van der Waals surface area contributed by atoms with Gasteiger partial charge in [0.15, 0.2) is 5.78 Å². The van der Waals surface area contributed by atoms with Crippen LogP contribution in [0.15, 0.2) is 53.4 Å². The van der Waals surface area contributed by atoms with Gasteiger partial charge in [0.05, 0.1) is 24.2 Å². The van der Waals surface area contributed by atoms with Crippen LogP contribution in [0.3, 0.4) is 0 Å². The standard InChI is InChI=1S/C24H31N3O5S/c1-18-15-27(11-12-32-18)16-21-6-4-5-20(13-21)14-25-24(29)17-26(3)33(30,31)23-9-7-22(8-10-23)19(2)28/h4-10,13,18H,11-12,14-17H2,1-3H3,(H,25,29). The minimum Gasteiger partial charge on any atom is -0.376 e. The average Bonchev–Trinajstić information content (AvgIpc) is 2.78. The van der Waals surface area contributed by atoms with Gasteiger partial charge in [0.1, 0.15) is 0 Å². The molecule has 2 aromatic carbocycles. The molecule has 1 amide bonds. The molecule has 0 radical (unpaired) electrons. The Bertz CT molecular complexity index is 1090. The largest absolute Gasteiger partial charge is 0.376 e. The second-order valence-corrected chi connectivity index (χ2v) is 10.4. The van der Waals surface area contributed by atoms with Gasteiger partial charge < -0.3 is 10.1 Å². The number of nitrogens with one attached hydrogen (secondary N) is 1. The highest BCUT2D eigenvalue weighted by Crippen LogP contribution is 2.16. The van der Waals surface area contributed by atoms with Crippen molar-refractivity contribution in [3.8, 4) is 0 Å². The van der Waals surface area contributed by atoms with Crippen LogP contribution in [0.2, 0.25) is 0 Å². The van der Waals surface area contributed by atoms with Crippen LogP contribution in [0.5, 0.6) is 0 Å². The number of ketones is 1. The third-order valence-corrected chi connectivity index (χ3v) is 7.37. The predicted octanol–water partition coefficient (Wildman–Crippen LogP) is 2.05. The molecule has 1 unspecified atom stereocenters. The third kappa shape index (κ3) is 6.94. The van der Waals surface area contributed by atoms with Crippen LogP contribution in [0.25, 0.3) is 0 Å². The highest BCUT2D eigenvalue weighted by atomic mass is 32.2. The number of amides is 1. The monoisotopic (exact) mass is 473 g/mol. The van der Waals surface area contributed by atoms with Gasteiger partial charge in [-0.25, -0.2) is 8.42 Å². The van der Waals surface area contributed by atoms with Crippen molar-refractivity contribution in [1.82, 2.24) is 14.5 Å². The van der Waals surface area contributed by atoms with Gasteiger partial charge in [-0.3, -0.25) is 14.5 Å². The van der Waals surface area contributed by atoms with Crippen molar-refractivity contribution in [2.24, 2.45) is 0 Å². The third-order valence-electron chi connectivity index (χ3n) is 5.55. The Kier molecular flexibility index (Phi) is 8.36. The van der Waals surface area contributed by atoms with E-state index < -0.39 is 15.9 Å². The molecule has 0 aromatic heterocycles. The summed E-state index contributed by atoms with van der Waals surface area (Å²) in [7, 11) is -2.48. The SMILES string of the molecule is CC(=O)c1ccc(S(=O)(=O)N(C)CC(=O)NCc2cccc(CN3CCOC(C)C3)c2)cc1. The van der Waals surface area contributed by atoms with Gasteiger partial charge in [0.2, 0.25) is 15.9 Å². The lowest BCUT2D eigenvalue weighted by molar-refractivity contribution is -0.121. The average molecular weight is 474 g/mol.